The van der Waals surface area contributed by atoms with E-state index in [1.165, 1.54) is 4.88 Å². The van der Waals surface area contributed by atoms with Gasteiger partial charge in [0.25, 0.3) is 0 Å². The fourth-order valence-electron chi connectivity index (χ4n) is 1.61. The molecule has 0 saturated heterocycles. The summed E-state index contributed by atoms with van der Waals surface area (Å²) in [5, 5.41) is 13.7. The number of hydrogen-bond acceptors (Lipinski definition) is 3. The third-order valence-electron chi connectivity index (χ3n) is 2.82. The summed E-state index contributed by atoms with van der Waals surface area (Å²) in [4.78, 5) is 23.7. The molecule has 1 aromatic rings. The lowest BCUT2D eigenvalue weighted by Gasteiger charge is -2.16. The normalized spacial score (nSPS) is 12.4. The second-order valence-electron chi connectivity index (χ2n) is 4.57. The summed E-state index contributed by atoms with van der Waals surface area (Å²) in [6, 6.07) is 3.95. The van der Waals surface area contributed by atoms with Gasteiger partial charge in [-0.3, -0.25) is 9.59 Å². The number of hydrogen-bond donors (Lipinski definition) is 2. The van der Waals surface area contributed by atoms with E-state index in [1.54, 1.807) is 11.3 Å². The predicted molar refractivity (Wildman–Crippen MR) is 71.6 cm³/mol. The first kappa shape index (κ1) is 14.7. The molecule has 0 aliphatic rings. The molecule has 5 heteroatoms. The number of carboxylic acids is 1. The van der Waals surface area contributed by atoms with Crippen molar-refractivity contribution in [1.82, 2.24) is 5.32 Å². The van der Waals surface area contributed by atoms with Crippen molar-refractivity contribution in [1.29, 1.82) is 0 Å². The molecule has 1 aromatic heterocycles. The topological polar surface area (TPSA) is 66.4 Å². The largest absolute Gasteiger partial charge is 0.481 e. The first-order valence-corrected chi connectivity index (χ1v) is 6.90. The number of amides is 1. The predicted octanol–water partition coefficient (Wildman–Crippen LogP) is 2.15. The van der Waals surface area contributed by atoms with Crippen LogP contribution in [0.15, 0.2) is 17.5 Å². The monoisotopic (exact) mass is 269 g/mol. The molecule has 0 bridgehead atoms. The average molecular weight is 269 g/mol. The quantitative estimate of drug-likeness (QED) is 0.797. The van der Waals surface area contributed by atoms with Crippen molar-refractivity contribution in [3.05, 3.63) is 22.4 Å². The van der Waals surface area contributed by atoms with Crippen LogP contribution >= 0.6 is 11.3 Å². The first-order valence-electron chi connectivity index (χ1n) is 6.02. The Labute approximate surface area is 111 Å². The second kappa shape index (κ2) is 7.16. The Morgan fingerprint density at radius 2 is 2.17 bits per heavy atom. The van der Waals surface area contributed by atoms with E-state index in [-0.39, 0.29) is 18.4 Å². The van der Waals surface area contributed by atoms with Gasteiger partial charge in [-0.05, 0) is 23.8 Å². The molecule has 0 fully saturated rings. The number of aryl methyl sites for hydroxylation is 1. The van der Waals surface area contributed by atoms with Crippen molar-refractivity contribution in [2.45, 2.75) is 26.7 Å². The number of rotatable bonds is 7. The van der Waals surface area contributed by atoms with Crippen LogP contribution in [0.2, 0.25) is 0 Å². The fraction of sp³-hybridized carbons (Fsp3) is 0.538. The van der Waals surface area contributed by atoms with Gasteiger partial charge in [-0.1, -0.05) is 19.9 Å². The van der Waals surface area contributed by atoms with Crippen LogP contribution in [0.25, 0.3) is 0 Å². The van der Waals surface area contributed by atoms with E-state index in [2.05, 4.69) is 5.32 Å². The molecule has 0 aliphatic carbocycles. The molecule has 1 heterocycles. The summed E-state index contributed by atoms with van der Waals surface area (Å²) >= 11 is 1.62. The number of carboxylic acid groups (broad SMARTS) is 1. The van der Waals surface area contributed by atoms with Crippen LogP contribution < -0.4 is 5.32 Å². The molecule has 0 aromatic carbocycles. The summed E-state index contributed by atoms with van der Waals surface area (Å²) in [5.41, 5.74) is 0. The zero-order valence-corrected chi connectivity index (χ0v) is 11.5. The van der Waals surface area contributed by atoms with Crippen LogP contribution in [-0.2, 0) is 16.0 Å². The van der Waals surface area contributed by atoms with Crippen LogP contribution in [0.3, 0.4) is 0 Å². The highest BCUT2D eigenvalue weighted by Crippen LogP contribution is 2.12. The number of nitrogens with one attached hydrogen (secondary N) is 1. The lowest BCUT2D eigenvalue weighted by molar-refractivity contribution is -0.143. The number of aliphatic carboxylic acids is 1. The molecule has 1 rings (SSSR count). The zero-order chi connectivity index (χ0) is 13.5. The standard InChI is InChI=1S/C13H19NO3S/c1-9(2)11(13(16)17)8-14-12(15)6-5-10-4-3-7-18-10/h3-4,7,9,11H,5-6,8H2,1-2H3,(H,14,15)(H,16,17). The maximum atomic E-state index is 11.6. The van der Waals surface area contributed by atoms with Crippen molar-refractivity contribution in [2.24, 2.45) is 11.8 Å². The van der Waals surface area contributed by atoms with Crippen molar-refractivity contribution in [2.75, 3.05) is 6.54 Å². The molecule has 1 amide bonds. The Balaban J connectivity index is 2.29. The van der Waals surface area contributed by atoms with Crippen molar-refractivity contribution >= 4 is 23.2 Å². The molecule has 1 unspecified atom stereocenters. The van der Waals surface area contributed by atoms with Gasteiger partial charge in [0.2, 0.25) is 5.91 Å². The van der Waals surface area contributed by atoms with E-state index >= 15 is 0 Å². The average Bonchev–Trinajstić information content (AvgIpc) is 2.78. The molecule has 18 heavy (non-hydrogen) atoms. The van der Waals surface area contributed by atoms with E-state index in [0.717, 1.165) is 0 Å². The maximum absolute atomic E-state index is 11.6. The van der Waals surface area contributed by atoms with Gasteiger partial charge in [0.15, 0.2) is 0 Å². The molecule has 4 nitrogen and oxygen atoms in total. The molecular formula is C13H19NO3S. The van der Waals surface area contributed by atoms with E-state index in [4.69, 9.17) is 5.11 Å². The number of thiophene rings is 1. The van der Waals surface area contributed by atoms with Gasteiger partial charge in [0, 0.05) is 17.8 Å². The molecule has 2 N–H and O–H groups in total. The molecule has 0 saturated carbocycles. The Bertz CT molecular complexity index is 387. The third-order valence-corrected chi connectivity index (χ3v) is 3.76. The van der Waals surface area contributed by atoms with Gasteiger partial charge >= 0.3 is 5.97 Å². The van der Waals surface area contributed by atoms with Crippen molar-refractivity contribution < 1.29 is 14.7 Å². The Morgan fingerprint density at radius 3 is 2.67 bits per heavy atom. The Kier molecular flexibility index (Phi) is 5.85. The minimum Gasteiger partial charge on any atom is -0.481 e. The van der Waals surface area contributed by atoms with Gasteiger partial charge < -0.3 is 10.4 Å². The lowest BCUT2D eigenvalue weighted by Crippen LogP contribution is -2.35. The molecule has 0 spiro atoms. The summed E-state index contributed by atoms with van der Waals surface area (Å²) in [6.07, 6.45) is 1.12. The smallest absolute Gasteiger partial charge is 0.308 e. The molecule has 0 aliphatic heterocycles. The van der Waals surface area contributed by atoms with Gasteiger partial charge in [-0.15, -0.1) is 11.3 Å². The van der Waals surface area contributed by atoms with Crippen molar-refractivity contribution in [3.63, 3.8) is 0 Å². The SMILES string of the molecule is CC(C)C(CNC(=O)CCc1cccs1)C(=O)O. The van der Waals surface area contributed by atoms with E-state index < -0.39 is 11.9 Å². The van der Waals surface area contributed by atoms with Crippen molar-refractivity contribution in [3.8, 4) is 0 Å². The van der Waals surface area contributed by atoms with E-state index in [0.29, 0.717) is 12.8 Å². The van der Waals surface area contributed by atoms with E-state index in [1.807, 2.05) is 31.4 Å². The van der Waals surface area contributed by atoms with Crippen LogP contribution in [0.5, 0.6) is 0 Å². The minimum absolute atomic E-state index is 0.0140. The second-order valence-corrected chi connectivity index (χ2v) is 5.60. The molecule has 0 radical (unpaired) electrons. The summed E-state index contributed by atoms with van der Waals surface area (Å²) in [6.45, 7) is 3.89. The highest BCUT2D eigenvalue weighted by atomic mass is 32.1. The summed E-state index contributed by atoms with van der Waals surface area (Å²) < 4.78 is 0. The van der Waals surface area contributed by atoms with Crippen LogP contribution in [0, 0.1) is 11.8 Å². The first-order chi connectivity index (χ1) is 8.50. The van der Waals surface area contributed by atoms with E-state index in [9.17, 15) is 9.59 Å². The molecular weight excluding hydrogens is 250 g/mol. The Morgan fingerprint density at radius 1 is 1.44 bits per heavy atom. The highest BCUT2D eigenvalue weighted by molar-refractivity contribution is 7.09. The highest BCUT2D eigenvalue weighted by Gasteiger charge is 2.21. The van der Waals surface area contributed by atoms with Crippen LogP contribution in [0.1, 0.15) is 25.1 Å². The van der Waals surface area contributed by atoms with Crippen LogP contribution in [-0.4, -0.2) is 23.5 Å². The third kappa shape index (κ3) is 4.87. The van der Waals surface area contributed by atoms with Gasteiger partial charge in [0.05, 0.1) is 5.92 Å². The summed E-state index contributed by atoms with van der Waals surface area (Å²) in [5.74, 6) is -1.45. The van der Waals surface area contributed by atoms with Gasteiger partial charge in [-0.25, -0.2) is 0 Å². The Hall–Kier alpha value is -1.36. The fourth-order valence-corrected chi connectivity index (χ4v) is 2.32. The number of carbonyl (C=O) groups excluding carboxylic acids is 1. The maximum Gasteiger partial charge on any atom is 0.308 e. The van der Waals surface area contributed by atoms with Crippen LogP contribution in [0.4, 0.5) is 0 Å². The summed E-state index contributed by atoms with van der Waals surface area (Å²) in [7, 11) is 0. The lowest BCUT2D eigenvalue weighted by atomic mass is 9.96. The van der Waals surface area contributed by atoms with Gasteiger partial charge in [-0.2, -0.15) is 0 Å². The zero-order valence-electron chi connectivity index (χ0n) is 10.7. The minimum atomic E-state index is -0.858. The molecule has 100 valence electrons. The number of carbonyl (C=O) groups is 2. The molecule has 1 atom stereocenters. The van der Waals surface area contributed by atoms with Gasteiger partial charge in [0.1, 0.15) is 0 Å².